The van der Waals surface area contributed by atoms with Crippen molar-refractivity contribution in [2.24, 2.45) is 5.92 Å². The third-order valence-corrected chi connectivity index (χ3v) is 5.56. The van der Waals surface area contributed by atoms with Gasteiger partial charge in [0.05, 0.1) is 0 Å². The van der Waals surface area contributed by atoms with Crippen molar-refractivity contribution in [3.8, 4) is 0 Å². The number of aromatic nitrogens is 2. The van der Waals surface area contributed by atoms with Gasteiger partial charge < -0.3 is 10.2 Å². The smallest absolute Gasteiger partial charge is 0.356 e. The molecule has 1 atom stereocenters. The molecule has 0 radical (unpaired) electrons. The predicted molar refractivity (Wildman–Crippen MR) is 133 cm³/mol. The third-order valence-electron chi connectivity index (χ3n) is 4.95. The molecule has 1 saturated heterocycles. The van der Waals surface area contributed by atoms with E-state index in [1.807, 2.05) is 56.4 Å². The summed E-state index contributed by atoms with van der Waals surface area (Å²) >= 11 is 1.15. The lowest BCUT2D eigenvalue weighted by Gasteiger charge is -2.33. The minimum Gasteiger partial charge on any atom is -0.356 e. The first-order valence-electron chi connectivity index (χ1n) is 10.5. The number of hydroxylamine groups is 1. The molecule has 7 nitrogen and oxygen atoms in total. The van der Waals surface area contributed by atoms with Gasteiger partial charge in [0, 0.05) is 43.8 Å². The van der Waals surface area contributed by atoms with E-state index in [0.29, 0.717) is 24.7 Å². The molecule has 0 aliphatic carbocycles. The highest BCUT2D eigenvalue weighted by Gasteiger charge is 2.37. The fraction of sp³-hybridized carbons (Fsp3) is 0.524. The lowest BCUT2D eigenvalue weighted by Crippen LogP contribution is -2.36. The molecule has 1 aromatic carbocycles. The number of hydrogen-bond acceptors (Lipinski definition) is 8. The molecule has 0 saturated carbocycles. The van der Waals surface area contributed by atoms with Crippen molar-refractivity contribution in [1.29, 1.82) is 0 Å². The summed E-state index contributed by atoms with van der Waals surface area (Å²) in [7, 11) is 1.86. The molecule has 2 aromatic rings. The van der Waals surface area contributed by atoms with Crippen molar-refractivity contribution in [2.45, 2.75) is 45.8 Å². The van der Waals surface area contributed by atoms with Gasteiger partial charge >= 0.3 is 6.18 Å². The Kier molecular flexibility index (Phi) is 9.95. The van der Waals surface area contributed by atoms with Gasteiger partial charge in [-0.25, -0.2) is 9.27 Å². The summed E-state index contributed by atoms with van der Waals surface area (Å²) in [5, 5.41) is 3.01. The fourth-order valence-electron chi connectivity index (χ4n) is 3.36. The van der Waals surface area contributed by atoms with Crippen LogP contribution < -0.4 is 20.0 Å². The molecule has 3 rings (SSSR count). The minimum absolute atomic E-state index is 0. The van der Waals surface area contributed by atoms with Gasteiger partial charge in [0.25, 0.3) is 0 Å². The molecule has 1 unspecified atom stereocenters. The lowest BCUT2D eigenvalue weighted by molar-refractivity contribution is -0.137. The molecule has 0 bridgehead atoms. The molecular formula is C21H31F3N6OS2. The molecule has 1 aliphatic heterocycles. The molecule has 1 aliphatic rings. The van der Waals surface area contributed by atoms with Crippen molar-refractivity contribution < 1.29 is 17.5 Å². The van der Waals surface area contributed by atoms with Crippen LogP contribution in [0.1, 0.15) is 39.2 Å². The topological polar surface area (TPSA) is 65.6 Å². The zero-order valence-electron chi connectivity index (χ0n) is 19.1. The van der Waals surface area contributed by atoms with Gasteiger partial charge in [-0.3, -0.25) is 4.31 Å². The Morgan fingerprint density at radius 3 is 2.55 bits per heavy atom. The fourth-order valence-corrected chi connectivity index (χ4v) is 3.91. The SMILES string of the molecule is CC1CCCN(c2nc(Nc3ccc(N(C)SONC(C)C)cc3)ncc2C(F)(F)F)C1.S. The largest absolute Gasteiger partial charge is 0.421 e. The second-order valence-electron chi connectivity index (χ2n) is 8.22. The Morgan fingerprint density at radius 2 is 1.94 bits per heavy atom. The van der Waals surface area contributed by atoms with Crippen LogP contribution in [0.3, 0.4) is 0 Å². The maximum atomic E-state index is 13.6. The van der Waals surface area contributed by atoms with Crippen LogP contribution in [0.15, 0.2) is 30.5 Å². The first-order valence-corrected chi connectivity index (χ1v) is 11.2. The van der Waals surface area contributed by atoms with Crippen LogP contribution in [0, 0.1) is 5.92 Å². The molecule has 2 N–H and O–H groups in total. The van der Waals surface area contributed by atoms with E-state index < -0.39 is 11.7 Å². The monoisotopic (exact) mass is 504 g/mol. The van der Waals surface area contributed by atoms with Crippen molar-refractivity contribution >= 4 is 48.9 Å². The summed E-state index contributed by atoms with van der Waals surface area (Å²) in [6.45, 7) is 7.09. The average Bonchev–Trinajstić information content (AvgIpc) is 2.73. The number of hydrogen-bond donors (Lipinski definition) is 2. The van der Waals surface area contributed by atoms with E-state index in [1.54, 1.807) is 4.90 Å². The standard InChI is InChI=1S/C21H29F3N6OS.H2S/c1-14(2)28-31-32-29(4)17-9-7-16(8-10-17)26-20-25-12-18(21(22,23)24)19(27-20)30-11-5-6-15(3)13-30;/h7-10,12,14-15,28H,5-6,11,13H2,1-4H3,(H,25,26,27);1H2. The second-order valence-corrected chi connectivity index (χ2v) is 9.09. The van der Waals surface area contributed by atoms with Crippen LogP contribution in [-0.4, -0.2) is 36.1 Å². The molecule has 0 amide bonds. The van der Waals surface area contributed by atoms with Crippen LogP contribution in [0.4, 0.5) is 36.3 Å². The van der Waals surface area contributed by atoms with E-state index in [4.69, 9.17) is 4.28 Å². The molecule has 2 heterocycles. The van der Waals surface area contributed by atoms with Crippen molar-refractivity contribution in [3.63, 3.8) is 0 Å². The van der Waals surface area contributed by atoms with E-state index in [1.165, 1.54) is 0 Å². The molecule has 0 spiro atoms. The Labute approximate surface area is 204 Å². The van der Waals surface area contributed by atoms with Crippen LogP contribution in [0.25, 0.3) is 0 Å². The van der Waals surface area contributed by atoms with E-state index in [9.17, 15) is 13.2 Å². The van der Waals surface area contributed by atoms with Gasteiger partial charge in [-0.2, -0.15) is 37.1 Å². The van der Waals surface area contributed by atoms with Gasteiger partial charge in [0.2, 0.25) is 5.95 Å². The molecule has 1 fully saturated rings. The lowest BCUT2D eigenvalue weighted by atomic mass is 10.00. The second kappa shape index (κ2) is 12.0. The Hall–Kier alpha value is -1.89. The van der Waals surface area contributed by atoms with Crippen LogP contribution in [0.5, 0.6) is 0 Å². The van der Waals surface area contributed by atoms with Crippen LogP contribution >= 0.6 is 25.7 Å². The minimum atomic E-state index is -4.51. The summed E-state index contributed by atoms with van der Waals surface area (Å²) in [6, 6.07) is 7.55. The Morgan fingerprint density at radius 1 is 1.24 bits per heavy atom. The summed E-state index contributed by atoms with van der Waals surface area (Å²) < 4.78 is 47.8. The highest BCUT2D eigenvalue weighted by molar-refractivity contribution is 7.96. The van der Waals surface area contributed by atoms with E-state index in [-0.39, 0.29) is 31.3 Å². The summed E-state index contributed by atoms with van der Waals surface area (Å²) in [5.41, 5.74) is 3.61. The summed E-state index contributed by atoms with van der Waals surface area (Å²) in [5.74, 6) is 0.383. The number of piperidine rings is 1. The third kappa shape index (κ3) is 7.83. The highest BCUT2D eigenvalue weighted by Crippen LogP contribution is 2.37. The summed E-state index contributed by atoms with van der Waals surface area (Å²) in [4.78, 5) is 9.88. The predicted octanol–water partition coefficient (Wildman–Crippen LogP) is 5.52. The number of alkyl halides is 3. The Bertz CT molecular complexity index is 885. The quantitative estimate of drug-likeness (QED) is 0.277. The number of rotatable bonds is 8. The zero-order valence-corrected chi connectivity index (χ0v) is 20.9. The molecule has 184 valence electrons. The molecule has 33 heavy (non-hydrogen) atoms. The summed E-state index contributed by atoms with van der Waals surface area (Å²) in [6.07, 6.45) is -1.80. The first-order chi connectivity index (χ1) is 15.1. The maximum Gasteiger partial charge on any atom is 0.421 e. The number of benzene rings is 1. The molecular weight excluding hydrogens is 473 g/mol. The van der Waals surface area contributed by atoms with E-state index >= 15 is 0 Å². The number of anilines is 4. The van der Waals surface area contributed by atoms with Crippen molar-refractivity contribution in [3.05, 3.63) is 36.0 Å². The number of nitrogens with one attached hydrogen (secondary N) is 2. The molecule has 12 heteroatoms. The van der Waals surface area contributed by atoms with E-state index in [2.05, 4.69) is 20.8 Å². The zero-order chi connectivity index (χ0) is 23.3. The van der Waals surface area contributed by atoms with Gasteiger partial charge in [-0.1, -0.05) is 6.92 Å². The first kappa shape index (κ1) is 27.4. The Balaban J connectivity index is 0.00000385. The average molecular weight is 505 g/mol. The van der Waals surface area contributed by atoms with E-state index in [0.717, 1.165) is 37.0 Å². The number of halogens is 3. The van der Waals surface area contributed by atoms with Gasteiger partial charge in [-0.15, -0.1) is 0 Å². The normalized spacial score (nSPS) is 16.5. The maximum absolute atomic E-state index is 13.6. The van der Waals surface area contributed by atoms with Crippen LogP contribution in [-0.2, 0) is 10.5 Å². The highest BCUT2D eigenvalue weighted by atomic mass is 32.2. The van der Waals surface area contributed by atoms with Crippen LogP contribution in [0.2, 0.25) is 0 Å². The molecule has 1 aromatic heterocycles. The van der Waals surface area contributed by atoms with Gasteiger partial charge in [-0.05, 0) is 56.9 Å². The van der Waals surface area contributed by atoms with Crippen molar-refractivity contribution in [1.82, 2.24) is 15.4 Å². The van der Waals surface area contributed by atoms with Gasteiger partial charge in [0.1, 0.15) is 23.6 Å². The van der Waals surface area contributed by atoms with Gasteiger partial charge in [0.15, 0.2) is 0 Å². The number of nitrogens with zero attached hydrogens (tertiary/aromatic N) is 4. The van der Waals surface area contributed by atoms with Crippen molar-refractivity contribution in [2.75, 3.05) is 34.7 Å².